The number of carbonyl (C=O) groups is 1. The lowest BCUT2D eigenvalue weighted by Gasteiger charge is -2.21. The van der Waals surface area contributed by atoms with E-state index in [9.17, 15) is 4.79 Å². The topological polar surface area (TPSA) is 38.3 Å². The summed E-state index contributed by atoms with van der Waals surface area (Å²) in [5.74, 6) is 0.387. The maximum absolute atomic E-state index is 12.3. The zero-order valence-electron chi connectivity index (χ0n) is 11.1. The molecule has 1 aromatic carbocycles. The minimum Gasteiger partial charge on any atom is -0.377 e. The van der Waals surface area contributed by atoms with E-state index >= 15 is 0 Å². The van der Waals surface area contributed by atoms with Gasteiger partial charge < -0.3 is 10.1 Å². The number of benzene rings is 1. The molecule has 0 spiro atoms. The average Bonchev–Trinajstić information content (AvgIpc) is 2.94. The van der Waals surface area contributed by atoms with Gasteiger partial charge in [0, 0.05) is 12.5 Å². The lowest BCUT2D eigenvalue weighted by molar-refractivity contribution is -0.127. The van der Waals surface area contributed by atoms with Crippen molar-refractivity contribution in [3.63, 3.8) is 0 Å². The summed E-state index contributed by atoms with van der Waals surface area (Å²) in [4.78, 5) is 12.3. The zero-order valence-corrected chi connectivity index (χ0v) is 11.9. The molecular weight excluding hydrogens is 262 g/mol. The molecule has 0 aromatic heterocycles. The Morgan fingerprint density at radius 3 is 2.84 bits per heavy atom. The highest BCUT2D eigenvalue weighted by Crippen LogP contribution is 2.25. The number of hydrogen-bond acceptors (Lipinski definition) is 2. The van der Waals surface area contributed by atoms with Gasteiger partial charge in [-0.05, 0) is 18.4 Å². The Hall–Kier alpha value is -1.06. The fourth-order valence-corrected chi connectivity index (χ4v) is 2.78. The molecule has 1 aliphatic rings. The van der Waals surface area contributed by atoms with Crippen molar-refractivity contribution in [2.24, 2.45) is 5.92 Å². The molecule has 0 saturated carbocycles. The lowest BCUT2D eigenvalue weighted by atomic mass is 9.97. The molecular formula is C15H20ClNO2. The van der Waals surface area contributed by atoms with E-state index in [-0.39, 0.29) is 24.0 Å². The lowest BCUT2D eigenvalue weighted by Crippen LogP contribution is -2.38. The number of alkyl halides is 1. The standard InChI is InChI=1S/C15H20ClNO2/c1-2-14-12(8-9-19-14)15(18)17-13(10-16)11-6-4-3-5-7-11/h3-7,12-14H,2,8-10H2,1H3,(H,17,18). The van der Waals surface area contributed by atoms with Gasteiger partial charge in [0.2, 0.25) is 5.91 Å². The molecule has 104 valence electrons. The summed E-state index contributed by atoms with van der Waals surface area (Å²) >= 11 is 5.98. The summed E-state index contributed by atoms with van der Waals surface area (Å²) in [6, 6.07) is 9.69. The molecule has 1 fully saturated rings. The molecule has 19 heavy (non-hydrogen) atoms. The molecule has 3 nitrogen and oxygen atoms in total. The molecule has 2 rings (SSSR count). The van der Waals surface area contributed by atoms with Crippen molar-refractivity contribution in [2.45, 2.75) is 31.9 Å². The van der Waals surface area contributed by atoms with Crippen molar-refractivity contribution in [3.8, 4) is 0 Å². The van der Waals surface area contributed by atoms with E-state index in [2.05, 4.69) is 5.32 Å². The van der Waals surface area contributed by atoms with Crippen LogP contribution in [0.5, 0.6) is 0 Å². The first-order valence-electron chi connectivity index (χ1n) is 6.79. The van der Waals surface area contributed by atoms with E-state index in [4.69, 9.17) is 16.3 Å². The smallest absolute Gasteiger partial charge is 0.226 e. The second-order valence-electron chi connectivity index (χ2n) is 4.84. The van der Waals surface area contributed by atoms with Crippen LogP contribution in [0, 0.1) is 5.92 Å². The van der Waals surface area contributed by atoms with Gasteiger partial charge in [0.1, 0.15) is 0 Å². The number of amides is 1. The average molecular weight is 282 g/mol. The van der Waals surface area contributed by atoms with E-state index < -0.39 is 0 Å². The maximum Gasteiger partial charge on any atom is 0.226 e. The molecule has 3 atom stereocenters. The van der Waals surface area contributed by atoms with Crippen LogP contribution in [0.25, 0.3) is 0 Å². The first-order valence-corrected chi connectivity index (χ1v) is 7.32. The van der Waals surface area contributed by atoms with Crippen molar-refractivity contribution in [2.75, 3.05) is 12.5 Å². The second kappa shape index (κ2) is 6.92. The number of hydrogen-bond donors (Lipinski definition) is 1. The highest BCUT2D eigenvalue weighted by atomic mass is 35.5. The quantitative estimate of drug-likeness (QED) is 0.843. The molecule has 4 heteroatoms. The zero-order chi connectivity index (χ0) is 13.7. The number of rotatable bonds is 5. The molecule has 1 N–H and O–H groups in total. The van der Waals surface area contributed by atoms with Crippen LogP contribution in [0.3, 0.4) is 0 Å². The van der Waals surface area contributed by atoms with Crippen LogP contribution in [0.15, 0.2) is 30.3 Å². The summed E-state index contributed by atoms with van der Waals surface area (Å²) < 4.78 is 5.56. The van der Waals surface area contributed by atoms with Crippen LogP contribution in [-0.4, -0.2) is 24.5 Å². The van der Waals surface area contributed by atoms with Gasteiger partial charge in [-0.15, -0.1) is 11.6 Å². The molecule has 1 amide bonds. The Morgan fingerprint density at radius 2 is 2.21 bits per heavy atom. The van der Waals surface area contributed by atoms with E-state index in [0.717, 1.165) is 18.4 Å². The summed E-state index contributed by atoms with van der Waals surface area (Å²) in [7, 11) is 0. The Bertz CT molecular complexity index is 410. The SMILES string of the molecule is CCC1OCCC1C(=O)NC(CCl)c1ccccc1. The first kappa shape index (κ1) is 14.4. The second-order valence-corrected chi connectivity index (χ2v) is 5.15. The van der Waals surface area contributed by atoms with Crippen LogP contribution in [0.4, 0.5) is 0 Å². The van der Waals surface area contributed by atoms with E-state index in [0.29, 0.717) is 12.5 Å². The normalized spacial score (nSPS) is 24.1. The van der Waals surface area contributed by atoms with E-state index in [1.807, 2.05) is 37.3 Å². The number of halogens is 1. The molecule has 1 heterocycles. The molecule has 0 aliphatic carbocycles. The minimum atomic E-state index is -0.131. The predicted octanol–water partition coefficient (Wildman–Crippen LogP) is 2.90. The van der Waals surface area contributed by atoms with E-state index in [1.54, 1.807) is 0 Å². The van der Waals surface area contributed by atoms with Crippen LogP contribution >= 0.6 is 11.6 Å². The third kappa shape index (κ3) is 3.48. The van der Waals surface area contributed by atoms with Gasteiger partial charge in [-0.25, -0.2) is 0 Å². The summed E-state index contributed by atoms with van der Waals surface area (Å²) in [5.41, 5.74) is 1.04. The molecule has 1 aliphatic heterocycles. The Balaban J connectivity index is 2.00. The van der Waals surface area contributed by atoms with Gasteiger partial charge >= 0.3 is 0 Å². The van der Waals surface area contributed by atoms with Crippen LogP contribution in [-0.2, 0) is 9.53 Å². The number of ether oxygens (including phenoxy) is 1. The van der Waals surface area contributed by atoms with E-state index in [1.165, 1.54) is 0 Å². The summed E-state index contributed by atoms with van der Waals surface area (Å²) in [6.45, 7) is 2.72. The largest absolute Gasteiger partial charge is 0.377 e. The third-order valence-corrected chi connectivity index (χ3v) is 3.93. The van der Waals surface area contributed by atoms with Crippen molar-refractivity contribution in [3.05, 3.63) is 35.9 Å². The van der Waals surface area contributed by atoms with Crippen LogP contribution < -0.4 is 5.32 Å². The van der Waals surface area contributed by atoms with Gasteiger partial charge in [-0.2, -0.15) is 0 Å². The van der Waals surface area contributed by atoms with Crippen LogP contribution in [0.1, 0.15) is 31.4 Å². The molecule has 3 unspecified atom stereocenters. The summed E-state index contributed by atoms with van der Waals surface area (Å²) in [5, 5.41) is 3.04. The maximum atomic E-state index is 12.3. The van der Waals surface area contributed by atoms with Gasteiger partial charge in [-0.3, -0.25) is 4.79 Å². The molecule has 1 saturated heterocycles. The number of nitrogens with one attached hydrogen (secondary N) is 1. The highest BCUT2D eigenvalue weighted by Gasteiger charge is 2.33. The summed E-state index contributed by atoms with van der Waals surface area (Å²) in [6.07, 6.45) is 1.72. The van der Waals surface area contributed by atoms with Gasteiger partial charge in [0.05, 0.1) is 18.1 Å². The number of carbonyl (C=O) groups excluding carboxylic acids is 1. The van der Waals surface area contributed by atoms with Gasteiger partial charge in [0.15, 0.2) is 0 Å². The van der Waals surface area contributed by atoms with Crippen molar-refractivity contribution < 1.29 is 9.53 Å². The monoisotopic (exact) mass is 281 g/mol. The van der Waals surface area contributed by atoms with Crippen LogP contribution in [0.2, 0.25) is 0 Å². The van der Waals surface area contributed by atoms with Crippen molar-refractivity contribution in [1.29, 1.82) is 0 Å². The Morgan fingerprint density at radius 1 is 1.47 bits per heavy atom. The third-order valence-electron chi connectivity index (χ3n) is 3.62. The fourth-order valence-electron chi connectivity index (χ4n) is 2.53. The Kier molecular flexibility index (Phi) is 5.23. The Labute approximate surface area is 119 Å². The van der Waals surface area contributed by atoms with Gasteiger partial charge in [-0.1, -0.05) is 37.3 Å². The fraction of sp³-hybridized carbons (Fsp3) is 0.533. The highest BCUT2D eigenvalue weighted by molar-refractivity contribution is 6.18. The first-order chi connectivity index (χ1) is 9.26. The molecule has 0 bridgehead atoms. The van der Waals surface area contributed by atoms with Crippen molar-refractivity contribution in [1.82, 2.24) is 5.32 Å². The minimum absolute atomic E-state index is 0.0422. The molecule has 1 aromatic rings. The van der Waals surface area contributed by atoms with Gasteiger partial charge in [0.25, 0.3) is 0 Å². The molecule has 0 radical (unpaired) electrons. The van der Waals surface area contributed by atoms with Crippen molar-refractivity contribution >= 4 is 17.5 Å². The predicted molar refractivity (Wildman–Crippen MR) is 76.2 cm³/mol.